The quantitative estimate of drug-likeness (QED) is 0.724. The Morgan fingerprint density at radius 1 is 0.960 bits per heavy atom. The highest BCUT2D eigenvalue weighted by Crippen LogP contribution is 2.04. The van der Waals surface area contributed by atoms with Gasteiger partial charge in [-0.1, -0.05) is 31.5 Å². The number of pyridine rings is 1. The van der Waals surface area contributed by atoms with Gasteiger partial charge < -0.3 is 10.6 Å². The number of nitrogens with zero attached hydrogens (tertiary/aromatic N) is 1. The highest BCUT2D eigenvalue weighted by molar-refractivity contribution is 5.96. The van der Waals surface area contributed by atoms with Crippen LogP contribution in [0, 0.1) is 5.82 Å². The van der Waals surface area contributed by atoms with Crippen molar-refractivity contribution >= 4 is 11.8 Å². The number of hydrogen-bond acceptors (Lipinski definition) is 3. The van der Waals surface area contributed by atoms with Gasteiger partial charge in [0.25, 0.3) is 11.8 Å². The molecule has 0 aliphatic rings. The van der Waals surface area contributed by atoms with Crippen LogP contribution in [0.5, 0.6) is 0 Å². The van der Waals surface area contributed by atoms with Crippen molar-refractivity contribution in [2.45, 2.75) is 26.2 Å². The minimum atomic E-state index is -0.342. The Balaban J connectivity index is 1.87. The molecule has 1 aromatic heterocycles. The molecule has 0 saturated heterocycles. The van der Waals surface area contributed by atoms with Crippen LogP contribution in [0.2, 0.25) is 0 Å². The molecule has 5 nitrogen and oxygen atoms in total. The summed E-state index contributed by atoms with van der Waals surface area (Å²) in [7, 11) is 0. The van der Waals surface area contributed by atoms with Gasteiger partial charge in [0.1, 0.15) is 17.2 Å². The summed E-state index contributed by atoms with van der Waals surface area (Å²) in [5.74, 6) is -0.911. The van der Waals surface area contributed by atoms with E-state index in [2.05, 4.69) is 15.6 Å². The number of benzene rings is 1. The van der Waals surface area contributed by atoms with Crippen LogP contribution in [0.15, 0.2) is 42.5 Å². The maximum absolute atomic E-state index is 12.8. The second-order valence-corrected chi connectivity index (χ2v) is 5.65. The molecule has 2 N–H and O–H groups in total. The molecule has 25 heavy (non-hydrogen) atoms. The van der Waals surface area contributed by atoms with Crippen molar-refractivity contribution in [1.29, 1.82) is 0 Å². The second-order valence-electron chi connectivity index (χ2n) is 5.65. The van der Waals surface area contributed by atoms with Crippen LogP contribution >= 0.6 is 0 Å². The van der Waals surface area contributed by atoms with Gasteiger partial charge in [-0.25, -0.2) is 9.37 Å². The van der Waals surface area contributed by atoms with E-state index in [9.17, 15) is 14.0 Å². The van der Waals surface area contributed by atoms with E-state index in [1.54, 1.807) is 30.3 Å². The van der Waals surface area contributed by atoms with E-state index in [0.29, 0.717) is 19.5 Å². The Bertz CT molecular complexity index is 717. The van der Waals surface area contributed by atoms with Crippen molar-refractivity contribution in [2.75, 3.05) is 13.1 Å². The van der Waals surface area contributed by atoms with E-state index in [1.165, 1.54) is 12.1 Å². The Morgan fingerprint density at radius 3 is 2.16 bits per heavy atom. The van der Waals surface area contributed by atoms with Crippen LogP contribution < -0.4 is 10.6 Å². The molecular formula is C19H22FN3O2. The fourth-order valence-corrected chi connectivity index (χ4v) is 2.22. The van der Waals surface area contributed by atoms with Crippen LogP contribution in [0.1, 0.15) is 46.3 Å². The minimum Gasteiger partial charge on any atom is -0.351 e. The molecule has 1 aromatic carbocycles. The summed E-state index contributed by atoms with van der Waals surface area (Å²) in [5.41, 5.74) is 1.35. The van der Waals surface area contributed by atoms with Gasteiger partial charge in [-0.15, -0.1) is 0 Å². The molecule has 0 fully saturated rings. The smallest absolute Gasteiger partial charge is 0.269 e. The first-order chi connectivity index (χ1) is 12.1. The van der Waals surface area contributed by atoms with Gasteiger partial charge in [0.05, 0.1) is 0 Å². The molecule has 132 valence electrons. The third-order valence-corrected chi connectivity index (χ3v) is 3.64. The zero-order valence-electron chi connectivity index (χ0n) is 14.2. The van der Waals surface area contributed by atoms with Gasteiger partial charge in [0.2, 0.25) is 0 Å². The maximum Gasteiger partial charge on any atom is 0.269 e. The van der Waals surface area contributed by atoms with Gasteiger partial charge in [-0.3, -0.25) is 9.59 Å². The minimum absolute atomic E-state index is 0.197. The van der Waals surface area contributed by atoms with Crippen LogP contribution in [0.3, 0.4) is 0 Å². The van der Waals surface area contributed by atoms with Crippen molar-refractivity contribution in [2.24, 2.45) is 0 Å². The number of carbonyl (C=O) groups is 2. The van der Waals surface area contributed by atoms with Crippen molar-refractivity contribution in [3.63, 3.8) is 0 Å². The molecule has 0 aliphatic heterocycles. The molecule has 0 radical (unpaired) electrons. The first-order valence-electron chi connectivity index (χ1n) is 8.38. The van der Waals surface area contributed by atoms with E-state index in [0.717, 1.165) is 18.4 Å². The number of nitrogens with one attached hydrogen (secondary N) is 2. The number of unbranched alkanes of at least 4 members (excludes halogenated alkanes) is 1. The Labute approximate surface area is 146 Å². The first-order valence-corrected chi connectivity index (χ1v) is 8.38. The van der Waals surface area contributed by atoms with Gasteiger partial charge in [0.15, 0.2) is 0 Å². The van der Waals surface area contributed by atoms with E-state index in [1.807, 2.05) is 6.92 Å². The first kappa shape index (κ1) is 18.6. The zero-order valence-corrected chi connectivity index (χ0v) is 14.2. The fourth-order valence-electron chi connectivity index (χ4n) is 2.22. The van der Waals surface area contributed by atoms with Gasteiger partial charge in [0, 0.05) is 13.1 Å². The van der Waals surface area contributed by atoms with Gasteiger partial charge in [-0.2, -0.15) is 0 Å². The maximum atomic E-state index is 12.8. The van der Waals surface area contributed by atoms with E-state index in [-0.39, 0.29) is 29.0 Å². The summed E-state index contributed by atoms with van der Waals surface area (Å²) >= 11 is 0. The predicted octanol–water partition coefficient (Wildman–Crippen LogP) is 2.72. The fraction of sp³-hybridized carbons (Fsp3) is 0.316. The lowest BCUT2D eigenvalue weighted by molar-refractivity contribution is 0.0944. The summed E-state index contributed by atoms with van der Waals surface area (Å²) in [6.07, 6.45) is 2.47. The number of carbonyl (C=O) groups excluding carboxylic acids is 2. The van der Waals surface area contributed by atoms with Gasteiger partial charge in [-0.05, 0) is 42.7 Å². The molecule has 0 saturated carbocycles. The molecule has 0 unspecified atom stereocenters. The third-order valence-electron chi connectivity index (χ3n) is 3.64. The number of rotatable bonds is 8. The number of aromatic nitrogens is 1. The lowest BCUT2D eigenvalue weighted by Gasteiger charge is -2.07. The molecule has 0 bridgehead atoms. The molecule has 6 heteroatoms. The third kappa shape index (κ3) is 5.99. The second kappa shape index (κ2) is 9.52. The number of hydrogen-bond donors (Lipinski definition) is 2. The van der Waals surface area contributed by atoms with Crippen LogP contribution in [0.4, 0.5) is 4.39 Å². The SMILES string of the molecule is CCCCNC(=O)c1cccc(C(=O)NCCc2ccc(F)cc2)n1. The van der Waals surface area contributed by atoms with Crippen LogP contribution in [-0.2, 0) is 6.42 Å². The molecule has 0 spiro atoms. The largest absolute Gasteiger partial charge is 0.351 e. The van der Waals surface area contributed by atoms with Crippen molar-refractivity contribution in [3.8, 4) is 0 Å². The van der Waals surface area contributed by atoms with Crippen molar-refractivity contribution in [3.05, 3.63) is 65.2 Å². The summed E-state index contributed by atoms with van der Waals surface area (Å²) in [4.78, 5) is 28.3. The zero-order chi connectivity index (χ0) is 18.1. The summed E-state index contributed by atoms with van der Waals surface area (Å²) < 4.78 is 12.8. The van der Waals surface area contributed by atoms with E-state index < -0.39 is 0 Å². The molecule has 2 aromatic rings. The Kier molecular flexibility index (Phi) is 7.07. The summed E-state index contributed by atoms with van der Waals surface area (Å²) in [5, 5.41) is 5.53. The Hall–Kier alpha value is -2.76. The highest BCUT2D eigenvalue weighted by atomic mass is 19.1. The summed E-state index contributed by atoms with van der Waals surface area (Å²) in [6, 6.07) is 10.9. The Morgan fingerprint density at radius 2 is 1.56 bits per heavy atom. The van der Waals surface area contributed by atoms with E-state index in [4.69, 9.17) is 0 Å². The monoisotopic (exact) mass is 343 g/mol. The molecule has 2 amide bonds. The van der Waals surface area contributed by atoms with Crippen molar-refractivity contribution < 1.29 is 14.0 Å². The lowest BCUT2D eigenvalue weighted by atomic mass is 10.1. The van der Waals surface area contributed by atoms with E-state index >= 15 is 0 Å². The predicted molar refractivity (Wildman–Crippen MR) is 93.9 cm³/mol. The molecule has 1 heterocycles. The lowest BCUT2D eigenvalue weighted by Crippen LogP contribution is -2.29. The summed E-state index contributed by atoms with van der Waals surface area (Å²) in [6.45, 7) is 3.03. The van der Waals surface area contributed by atoms with Crippen LogP contribution in [-0.4, -0.2) is 29.9 Å². The van der Waals surface area contributed by atoms with Gasteiger partial charge >= 0.3 is 0 Å². The number of amides is 2. The molecule has 0 atom stereocenters. The van der Waals surface area contributed by atoms with Crippen molar-refractivity contribution in [1.82, 2.24) is 15.6 Å². The van der Waals surface area contributed by atoms with Crippen LogP contribution in [0.25, 0.3) is 0 Å². The average Bonchev–Trinajstić information content (AvgIpc) is 2.63. The normalized spacial score (nSPS) is 10.3. The average molecular weight is 343 g/mol. The molecular weight excluding hydrogens is 321 g/mol. The topological polar surface area (TPSA) is 71.1 Å². The highest BCUT2D eigenvalue weighted by Gasteiger charge is 2.11. The molecule has 0 aliphatic carbocycles. The standard InChI is InChI=1S/C19H22FN3O2/c1-2-3-12-21-18(24)16-5-4-6-17(23-16)19(25)22-13-11-14-7-9-15(20)10-8-14/h4-10H,2-3,11-13H2,1H3,(H,21,24)(H,22,25). The number of halogens is 1. The molecule has 2 rings (SSSR count).